The zero-order chi connectivity index (χ0) is 14.1. The highest BCUT2D eigenvalue weighted by molar-refractivity contribution is 5.06. The second kappa shape index (κ2) is 9.10. The van der Waals surface area contributed by atoms with Gasteiger partial charge in [0.25, 0.3) is 0 Å². The van der Waals surface area contributed by atoms with Crippen molar-refractivity contribution in [2.24, 2.45) is 0 Å². The molecule has 1 rings (SSSR count). The third kappa shape index (κ3) is 5.74. The summed E-state index contributed by atoms with van der Waals surface area (Å²) in [4.78, 5) is 2.49. The molecule has 1 aromatic rings. The van der Waals surface area contributed by atoms with Gasteiger partial charge in [0.2, 0.25) is 0 Å². The molecule has 0 bridgehead atoms. The molecule has 4 heteroatoms. The predicted molar refractivity (Wildman–Crippen MR) is 81.5 cm³/mol. The molecule has 1 N–H and O–H groups in total. The Morgan fingerprint density at radius 1 is 1.26 bits per heavy atom. The van der Waals surface area contributed by atoms with Crippen molar-refractivity contribution in [2.45, 2.75) is 53.1 Å². The fourth-order valence-electron chi connectivity index (χ4n) is 2.41. The molecule has 1 heterocycles. The molecular weight excluding hydrogens is 236 g/mol. The van der Waals surface area contributed by atoms with Crippen molar-refractivity contribution in [1.29, 1.82) is 0 Å². The van der Waals surface area contributed by atoms with Gasteiger partial charge in [-0.3, -0.25) is 4.68 Å². The van der Waals surface area contributed by atoms with E-state index in [1.807, 2.05) is 10.9 Å². The summed E-state index contributed by atoms with van der Waals surface area (Å²) in [5.74, 6) is 0. The van der Waals surface area contributed by atoms with Crippen LogP contribution in [0.5, 0.6) is 0 Å². The van der Waals surface area contributed by atoms with Gasteiger partial charge in [-0.2, -0.15) is 5.10 Å². The second-order valence-corrected chi connectivity index (χ2v) is 4.98. The minimum atomic E-state index is 0.556. The highest BCUT2D eigenvalue weighted by Crippen LogP contribution is 2.06. The molecule has 0 aliphatic heterocycles. The molecule has 1 unspecified atom stereocenters. The number of nitrogens with zero attached hydrogens (tertiary/aromatic N) is 3. The van der Waals surface area contributed by atoms with Gasteiger partial charge in [-0.1, -0.05) is 20.8 Å². The van der Waals surface area contributed by atoms with Crippen LogP contribution < -0.4 is 5.32 Å². The first-order valence-electron chi connectivity index (χ1n) is 7.70. The molecule has 1 atom stereocenters. The Balaban J connectivity index is 2.47. The lowest BCUT2D eigenvalue weighted by Crippen LogP contribution is -2.35. The first-order chi connectivity index (χ1) is 9.23. The van der Waals surface area contributed by atoms with Crippen LogP contribution in [0.4, 0.5) is 0 Å². The standard InChI is InChI=1S/C15H30N4/c1-5-16-15(9-10-18(6-2)7-3)11-14-12-17-19(8-4)13-14/h12-13,15-16H,5-11H2,1-4H3. The lowest BCUT2D eigenvalue weighted by Gasteiger charge is -2.23. The molecule has 0 fully saturated rings. The number of aryl methyl sites for hydroxylation is 1. The van der Waals surface area contributed by atoms with Crippen molar-refractivity contribution in [3.05, 3.63) is 18.0 Å². The van der Waals surface area contributed by atoms with Crippen LogP contribution in [0.1, 0.15) is 39.7 Å². The van der Waals surface area contributed by atoms with E-state index < -0.39 is 0 Å². The average Bonchev–Trinajstić information content (AvgIpc) is 2.87. The molecule has 0 spiro atoms. The van der Waals surface area contributed by atoms with Crippen LogP contribution in [0, 0.1) is 0 Å². The van der Waals surface area contributed by atoms with Gasteiger partial charge in [0, 0.05) is 18.8 Å². The average molecular weight is 266 g/mol. The highest BCUT2D eigenvalue weighted by atomic mass is 15.3. The molecule has 0 aromatic carbocycles. The summed E-state index contributed by atoms with van der Waals surface area (Å²) < 4.78 is 2.00. The van der Waals surface area contributed by atoms with Crippen molar-refractivity contribution in [1.82, 2.24) is 20.0 Å². The lowest BCUT2D eigenvalue weighted by molar-refractivity contribution is 0.281. The quantitative estimate of drug-likeness (QED) is 0.704. The fraction of sp³-hybridized carbons (Fsp3) is 0.800. The zero-order valence-electron chi connectivity index (χ0n) is 13.0. The van der Waals surface area contributed by atoms with Gasteiger partial charge >= 0.3 is 0 Å². The summed E-state index contributed by atoms with van der Waals surface area (Å²) >= 11 is 0. The van der Waals surface area contributed by atoms with E-state index in [4.69, 9.17) is 0 Å². The van der Waals surface area contributed by atoms with Crippen molar-refractivity contribution in [3.8, 4) is 0 Å². The maximum absolute atomic E-state index is 4.35. The largest absolute Gasteiger partial charge is 0.314 e. The summed E-state index contributed by atoms with van der Waals surface area (Å²) in [6.45, 7) is 14.2. The molecule has 0 saturated heterocycles. The maximum Gasteiger partial charge on any atom is 0.0522 e. The van der Waals surface area contributed by atoms with Gasteiger partial charge in [-0.05, 0) is 51.5 Å². The minimum absolute atomic E-state index is 0.556. The molecule has 110 valence electrons. The Morgan fingerprint density at radius 3 is 2.53 bits per heavy atom. The van der Waals surface area contributed by atoms with Crippen LogP contribution in [-0.4, -0.2) is 46.9 Å². The summed E-state index contributed by atoms with van der Waals surface area (Å²) in [6, 6.07) is 0.556. The van der Waals surface area contributed by atoms with E-state index in [2.05, 4.69) is 49.2 Å². The van der Waals surface area contributed by atoms with Crippen LogP contribution in [-0.2, 0) is 13.0 Å². The zero-order valence-corrected chi connectivity index (χ0v) is 13.0. The molecule has 0 aliphatic carbocycles. The van der Waals surface area contributed by atoms with Crippen LogP contribution in [0.2, 0.25) is 0 Å². The smallest absolute Gasteiger partial charge is 0.0522 e. The van der Waals surface area contributed by atoms with Gasteiger partial charge in [-0.25, -0.2) is 0 Å². The maximum atomic E-state index is 4.35. The topological polar surface area (TPSA) is 33.1 Å². The number of hydrogen-bond acceptors (Lipinski definition) is 3. The van der Waals surface area contributed by atoms with Crippen LogP contribution in [0.15, 0.2) is 12.4 Å². The third-order valence-electron chi connectivity index (χ3n) is 3.67. The van der Waals surface area contributed by atoms with Crippen molar-refractivity contribution in [2.75, 3.05) is 26.2 Å². The number of nitrogens with one attached hydrogen (secondary N) is 1. The summed E-state index contributed by atoms with van der Waals surface area (Å²) in [5, 5.41) is 7.95. The molecule has 0 radical (unpaired) electrons. The van der Waals surface area contributed by atoms with E-state index >= 15 is 0 Å². The Hall–Kier alpha value is -0.870. The van der Waals surface area contributed by atoms with Gasteiger partial charge in [-0.15, -0.1) is 0 Å². The monoisotopic (exact) mass is 266 g/mol. The van der Waals surface area contributed by atoms with Gasteiger partial charge < -0.3 is 10.2 Å². The molecule has 0 saturated carbocycles. The number of likely N-dealkylation sites (N-methyl/N-ethyl adjacent to an activating group) is 1. The van der Waals surface area contributed by atoms with Crippen molar-refractivity contribution >= 4 is 0 Å². The lowest BCUT2D eigenvalue weighted by atomic mass is 10.1. The first-order valence-corrected chi connectivity index (χ1v) is 7.70. The minimum Gasteiger partial charge on any atom is -0.314 e. The Morgan fingerprint density at radius 2 is 2.00 bits per heavy atom. The molecule has 0 aliphatic rings. The second-order valence-electron chi connectivity index (χ2n) is 4.98. The molecule has 19 heavy (non-hydrogen) atoms. The summed E-state index contributed by atoms with van der Waals surface area (Å²) in [7, 11) is 0. The van der Waals surface area contributed by atoms with Gasteiger partial charge in [0.1, 0.15) is 0 Å². The Labute approximate surface area is 118 Å². The van der Waals surface area contributed by atoms with E-state index in [-0.39, 0.29) is 0 Å². The molecular formula is C15H30N4. The molecule has 4 nitrogen and oxygen atoms in total. The normalized spacial score (nSPS) is 13.1. The Kier molecular flexibility index (Phi) is 7.75. The van der Waals surface area contributed by atoms with E-state index in [0.29, 0.717) is 6.04 Å². The van der Waals surface area contributed by atoms with Crippen molar-refractivity contribution in [3.63, 3.8) is 0 Å². The first kappa shape index (κ1) is 16.2. The number of rotatable bonds is 10. The van der Waals surface area contributed by atoms with Gasteiger partial charge in [0.15, 0.2) is 0 Å². The summed E-state index contributed by atoms with van der Waals surface area (Å²) in [6.07, 6.45) is 6.45. The van der Waals surface area contributed by atoms with E-state index in [0.717, 1.165) is 32.6 Å². The third-order valence-corrected chi connectivity index (χ3v) is 3.67. The van der Waals surface area contributed by atoms with Crippen LogP contribution >= 0.6 is 0 Å². The molecule has 0 amide bonds. The van der Waals surface area contributed by atoms with E-state index in [1.165, 1.54) is 18.5 Å². The SMILES string of the molecule is CCNC(CCN(CC)CC)Cc1cnn(CC)c1. The van der Waals surface area contributed by atoms with E-state index in [1.54, 1.807) is 0 Å². The molecule has 1 aromatic heterocycles. The summed E-state index contributed by atoms with van der Waals surface area (Å²) in [5.41, 5.74) is 1.34. The Bertz CT molecular complexity index is 331. The highest BCUT2D eigenvalue weighted by Gasteiger charge is 2.11. The predicted octanol–water partition coefficient (Wildman–Crippen LogP) is 2.16. The van der Waals surface area contributed by atoms with Crippen LogP contribution in [0.25, 0.3) is 0 Å². The number of hydrogen-bond donors (Lipinski definition) is 1. The van der Waals surface area contributed by atoms with Crippen LogP contribution in [0.3, 0.4) is 0 Å². The van der Waals surface area contributed by atoms with Crippen molar-refractivity contribution < 1.29 is 0 Å². The van der Waals surface area contributed by atoms with Gasteiger partial charge in [0.05, 0.1) is 6.20 Å². The number of aromatic nitrogens is 2. The van der Waals surface area contributed by atoms with E-state index in [9.17, 15) is 0 Å². The fourth-order valence-corrected chi connectivity index (χ4v) is 2.41.